The van der Waals surface area contributed by atoms with E-state index >= 15 is 4.39 Å². The molecule has 0 spiro atoms. The molecule has 0 bridgehead atoms. The number of rotatable bonds is 13. The number of amides is 2. The van der Waals surface area contributed by atoms with Gasteiger partial charge in [-0.15, -0.1) is 0 Å². The molecule has 45 heavy (non-hydrogen) atoms. The molecule has 236 valence electrons. The van der Waals surface area contributed by atoms with Crippen molar-refractivity contribution in [2.45, 2.75) is 64.1 Å². The van der Waals surface area contributed by atoms with Crippen LogP contribution < -0.4 is 9.62 Å². The summed E-state index contributed by atoms with van der Waals surface area (Å²) >= 11 is 0. The van der Waals surface area contributed by atoms with Crippen LogP contribution in [0.4, 0.5) is 10.1 Å². The second-order valence-electron chi connectivity index (χ2n) is 11.2. The number of nitrogens with one attached hydrogen (secondary N) is 1. The third-order valence-corrected chi connectivity index (χ3v) is 9.80. The quantitative estimate of drug-likeness (QED) is 0.191. The minimum atomic E-state index is -4.22. The molecule has 0 unspecified atom stereocenters. The van der Waals surface area contributed by atoms with Crippen LogP contribution in [-0.4, -0.2) is 43.8 Å². The molecule has 1 N–H and O–H groups in total. The fourth-order valence-corrected chi connectivity index (χ4v) is 6.54. The fourth-order valence-electron chi connectivity index (χ4n) is 5.04. The number of aryl methyl sites for hydroxylation is 1. The highest BCUT2D eigenvalue weighted by molar-refractivity contribution is 7.92. The van der Waals surface area contributed by atoms with Crippen LogP contribution in [-0.2, 0) is 32.6 Å². The van der Waals surface area contributed by atoms with Crippen LogP contribution >= 0.6 is 0 Å². The van der Waals surface area contributed by atoms with Crippen molar-refractivity contribution in [3.8, 4) is 0 Å². The second kappa shape index (κ2) is 15.0. The van der Waals surface area contributed by atoms with Crippen molar-refractivity contribution in [3.63, 3.8) is 0 Å². The fraction of sp³-hybridized carbons (Fsp3) is 0.278. The summed E-state index contributed by atoms with van der Waals surface area (Å²) in [6.45, 7) is 6.65. The van der Waals surface area contributed by atoms with Crippen molar-refractivity contribution in [2.24, 2.45) is 0 Å². The molecule has 4 rings (SSSR count). The van der Waals surface area contributed by atoms with Crippen LogP contribution in [0.15, 0.2) is 108 Å². The molecule has 4 aromatic rings. The SMILES string of the molecule is CC[C@H](C)NC(=O)[C@@H](Cc1ccccc1)N(Cc1ccccc1F)C(=O)CN(c1cccc(C)c1C)S(=O)(=O)c1ccccc1. The molecule has 0 radical (unpaired) electrons. The largest absolute Gasteiger partial charge is 0.352 e. The minimum Gasteiger partial charge on any atom is -0.352 e. The van der Waals surface area contributed by atoms with Crippen LogP contribution in [0, 0.1) is 19.7 Å². The van der Waals surface area contributed by atoms with E-state index in [-0.39, 0.29) is 29.5 Å². The number of carbonyl (C=O) groups is 2. The molecule has 0 aromatic heterocycles. The molecular formula is C36H40FN3O4S. The number of halogens is 1. The lowest BCUT2D eigenvalue weighted by atomic mass is 10.0. The Morgan fingerprint density at radius 2 is 1.47 bits per heavy atom. The lowest BCUT2D eigenvalue weighted by Gasteiger charge is -2.34. The molecule has 0 aliphatic rings. The summed E-state index contributed by atoms with van der Waals surface area (Å²) in [4.78, 5) is 29.7. The van der Waals surface area contributed by atoms with Crippen LogP contribution in [0.5, 0.6) is 0 Å². The number of benzene rings is 4. The molecule has 9 heteroatoms. The normalized spacial score (nSPS) is 12.6. The number of hydrogen-bond acceptors (Lipinski definition) is 4. The molecule has 0 aliphatic carbocycles. The van der Waals surface area contributed by atoms with Crippen molar-refractivity contribution in [2.75, 3.05) is 10.8 Å². The topological polar surface area (TPSA) is 86.8 Å². The predicted octanol–water partition coefficient (Wildman–Crippen LogP) is 6.19. The highest BCUT2D eigenvalue weighted by atomic mass is 32.2. The summed E-state index contributed by atoms with van der Waals surface area (Å²) in [5.74, 6) is -1.57. The van der Waals surface area contributed by atoms with E-state index in [4.69, 9.17) is 0 Å². The molecule has 0 saturated heterocycles. The van der Waals surface area contributed by atoms with Gasteiger partial charge in [-0.1, -0.05) is 85.8 Å². The van der Waals surface area contributed by atoms with Gasteiger partial charge in [-0.2, -0.15) is 0 Å². The Balaban J connectivity index is 1.84. The van der Waals surface area contributed by atoms with Gasteiger partial charge in [0.2, 0.25) is 11.8 Å². The van der Waals surface area contributed by atoms with Crippen molar-refractivity contribution in [1.82, 2.24) is 10.2 Å². The first-order valence-corrected chi connectivity index (χ1v) is 16.5. The molecule has 0 heterocycles. The smallest absolute Gasteiger partial charge is 0.264 e. The van der Waals surface area contributed by atoms with E-state index in [9.17, 15) is 18.0 Å². The Hall–Kier alpha value is -4.50. The monoisotopic (exact) mass is 629 g/mol. The van der Waals surface area contributed by atoms with Gasteiger partial charge in [-0.05, 0) is 68.1 Å². The predicted molar refractivity (Wildman–Crippen MR) is 176 cm³/mol. The Bertz CT molecular complexity index is 1720. The average Bonchev–Trinajstić information content (AvgIpc) is 3.04. The van der Waals surface area contributed by atoms with Gasteiger partial charge < -0.3 is 10.2 Å². The van der Waals surface area contributed by atoms with Crippen molar-refractivity contribution >= 4 is 27.5 Å². The number of hydrogen-bond donors (Lipinski definition) is 1. The zero-order chi connectivity index (χ0) is 32.6. The van der Waals surface area contributed by atoms with Gasteiger partial charge >= 0.3 is 0 Å². The van der Waals surface area contributed by atoms with Crippen molar-refractivity contribution < 1.29 is 22.4 Å². The lowest BCUT2D eigenvalue weighted by Crippen LogP contribution is -2.54. The third kappa shape index (κ3) is 8.16. The Kier molecular flexibility index (Phi) is 11.1. The number of carbonyl (C=O) groups excluding carboxylic acids is 2. The van der Waals surface area contributed by atoms with E-state index in [1.807, 2.05) is 57.2 Å². The summed E-state index contributed by atoms with van der Waals surface area (Å²) < 4.78 is 44.5. The molecule has 7 nitrogen and oxygen atoms in total. The summed E-state index contributed by atoms with van der Waals surface area (Å²) in [6, 6.07) is 27.3. The third-order valence-electron chi connectivity index (χ3n) is 8.03. The van der Waals surface area contributed by atoms with Gasteiger partial charge in [0.1, 0.15) is 18.4 Å². The molecular weight excluding hydrogens is 589 g/mol. The Morgan fingerprint density at radius 3 is 2.11 bits per heavy atom. The van der Waals surface area contributed by atoms with Crippen LogP contribution in [0.1, 0.15) is 42.5 Å². The van der Waals surface area contributed by atoms with Gasteiger partial charge in [-0.3, -0.25) is 13.9 Å². The van der Waals surface area contributed by atoms with E-state index in [0.29, 0.717) is 17.7 Å². The minimum absolute atomic E-state index is 0.0229. The first kappa shape index (κ1) is 33.4. The molecule has 2 amide bonds. The average molecular weight is 630 g/mol. The van der Waals surface area contributed by atoms with E-state index in [1.54, 1.807) is 55.5 Å². The molecule has 0 fully saturated rings. The second-order valence-corrected chi connectivity index (χ2v) is 13.0. The van der Waals surface area contributed by atoms with Gasteiger partial charge in [0.05, 0.1) is 10.6 Å². The van der Waals surface area contributed by atoms with Crippen LogP contribution in [0.25, 0.3) is 0 Å². The summed E-state index contributed by atoms with van der Waals surface area (Å²) in [6.07, 6.45) is 0.818. The maximum absolute atomic E-state index is 15.1. The summed E-state index contributed by atoms with van der Waals surface area (Å²) in [5.41, 5.74) is 2.91. The number of nitrogens with zero attached hydrogens (tertiary/aromatic N) is 2. The van der Waals surface area contributed by atoms with Crippen molar-refractivity contribution in [1.29, 1.82) is 0 Å². The van der Waals surface area contributed by atoms with Gasteiger partial charge in [0.15, 0.2) is 0 Å². The molecule has 0 aliphatic heterocycles. The van der Waals surface area contributed by atoms with Crippen LogP contribution in [0.2, 0.25) is 0 Å². The Morgan fingerprint density at radius 1 is 0.844 bits per heavy atom. The Labute approximate surface area is 265 Å². The lowest BCUT2D eigenvalue weighted by molar-refractivity contribution is -0.140. The highest BCUT2D eigenvalue weighted by Crippen LogP contribution is 2.29. The maximum atomic E-state index is 15.1. The maximum Gasteiger partial charge on any atom is 0.264 e. The van der Waals surface area contributed by atoms with E-state index in [0.717, 1.165) is 15.4 Å². The van der Waals surface area contributed by atoms with E-state index in [2.05, 4.69) is 5.32 Å². The number of anilines is 1. The van der Waals surface area contributed by atoms with E-state index in [1.165, 1.54) is 23.1 Å². The number of sulfonamides is 1. The molecule has 0 saturated carbocycles. The van der Waals surface area contributed by atoms with Gasteiger partial charge in [0.25, 0.3) is 10.0 Å². The zero-order valence-electron chi connectivity index (χ0n) is 26.1. The summed E-state index contributed by atoms with van der Waals surface area (Å²) in [5, 5.41) is 2.98. The summed E-state index contributed by atoms with van der Waals surface area (Å²) in [7, 11) is -4.22. The highest BCUT2D eigenvalue weighted by Gasteiger charge is 2.35. The molecule has 2 atom stereocenters. The zero-order valence-corrected chi connectivity index (χ0v) is 26.9. The van der Waals surface area contributed by atoms with Gasteiger partial charge in [-0.25, -0.2) is 12.8 Å². The van der Waals surface area contributed by atoms with Crippen LogP contribution in [0.3, 0.4) is 0 Å². The van der Waals surface area contributed by atoms with E-state index < -0.39 is 40.2 Å². The first-order valence-electron chi connectivity index (χ1n) is 15.0. The van der Waals surface area contributed by atoms with Crippen molar-refractivity contribution in [3.05, 3.63) is 131 Å². The standard InChI is InChI=1S/C36H40FN3O4S/c1-5-27(3)38-36(42)34(23-29-16-8-6-9-17-29)39(24-30-18-12-13-21-32(30)37)35(41)25-40(33-22-14-15-26(2)28(33)4)45(43,44)31-19-10-7-11-20-31/h6-22,27,34H,5,23-25H2,1-4H3,(H,38,42)/t27-,34+/m0/s1. The first-order chi connectivity index (χ1) is 21.5. The molecule has 4 aromatic carbocycles. The van der Waals surface area contributed by atoms with Gasteiger partial charge in [0, 0.05) is 24.6 Å².